The lowest BCUT2D eigenvalue weighted by molar-refractivity contribution is -0.0252. The molecule has 2 heterocycles. The van der Waals surface area contributed by atoms with Gasteiger partial charge in [-0.2, -0.15) is 0 Å². The third kappa shape index (κ3) is 2.60. The minimum Gasteiger partial charge on any atom is -0.397 e. The largest absolute Gasteiger partial charge is 0.397 e. The van der Waals surface area contributed by atoms with Gasteiger partial charge >= 0.3 is 0 Å². The average molecular weight is 251 g/mol. The maximum atomic E-state index is 11.8. The maximum Gasteiger partial charge on any atom is 0.269 e. The number of rotatable bonds is 3. The number of hydrogen-bond acceptors (Lipinski definition) is 5. The summed E-state index contributed by atoms with van der Waals surface area (Å²) >= 11 is 0. The number of anilines is 1. The van der Waals surface area contributed by atoms with E-state index in [0.717, 1.165) is 0 Å². The Bertz CT molecular complexity index is 435. The van der Waals surface area contributed by atoms with Crippen molar-refractivity contribution in [3.8, 4) is 0 Å². The molecule has 98 valence electrons. The number of amides is 1. The summed E-state index contributed by atoms with van der Waals surface area (Å²) < 4.78 is 5.29. The number of nitrogens with one attached hydrogen (secondary N) is 1. The van der Waals surface area contributed by atoms with E-state index in [4.69, 9.17) is 10.5 Å². The van der Waals surface area contributed by atoms with Gasteiger partial charge in [-0.3, -0.25) is 4.79 Å². The number of nitrogens with two attached hydrogens (primary N) is 1. The molecule has 0 bridgehead atoms. The number of ether oxygens (including phenoxy) is 1. The molecule has 1 saturated heterocycles. The first-order valence-electron chi connectivity index (χ1n) is 5.85. The Hall–Kier alpha value is -1.66. The van der Waals surface area contributed by atoms with Crippen molar-refractivity contribution in [2.45, 2.75) is 25.0 Å². The van der Waals surface area contributed by atoms with E-state index in [0.29, 0.717) is 18.7 Å². The van der Waals surface area contributed by atoms with Gasteiger partial charge in [0.15, 0.2) is 0 Å². The maximum absolute atomic E-state index is 11.8. The molecule has 18 heavy (non-hydrogen) atoms. The second-order valence-electron chi connectivity index (χ2n) is 4.53. The second-order valence-corrected chi connectivity index (χ2v) is 4.53. The van der Waals surface area contributed by atoms with E-state index in [-0.39, 0.29) is 24.2 Å². The molecule has 1 aromatic heterocycles. The monoisotopic (exact) mass is 251 g/mol. The fraction of sp³-hybridized carbons (Fsp3) is 0.500. The Morgan fingerprint density at radius 3 is 3.06 bits per heavy atom. The molecule has 2 rings (SSSR count). The van der Waals surface area contributed by atoms with Crippen molar-refractivity contribution in [1.29, 1.82) is 0 Å². The molecule has 2 unspecified atom stereocenters. The summed E-state index contributed by atoms with van der Waals surface area (Å²) in [5.74, 6) is -0.331. The van der Waals surface area contributed by atoms with E-state index in [2.05, 4.69) is 10.3 Å². The van der Waals surface area contributed by atoms with E-state index < -0.39 is 5.60 Å². The number of nitrogen functional groups attached to an aromatic ring is 1. The normalized spacial score (nSPS) is 27.1. The number of aromatic nitrogens is 1. The third-order valence-electron chi connectivity index (χ3n) is 3.23. The molecule has 0 spiro atoms. The molecule has 1 fully saturated rings. The van der Waals surface area contributed by atoms with Crippen molar-refractivity contribution >= 4 is 11.6 Å². The van der Waals surface area contributed by atoms with Crippen molar-refractivity contribution in [3.05, 3.63) is 24.0 Å². The molecule has 1 amide bonds. The molecule has 2 atom stereocenters. The lowest BCUT2D eigenvalue weighted by Gasteiger charge is -2.25. The summed E-state index contributed by atoms with van der Waals surface area (Å²) in [5.41, 5.74) is 5.27. The van der Waals surface area contributed by atoms with Gasteiger partial charge in [-0.05, 0) is 19.1 Å². The van der Waals surface area contributed by atoms with Crippen LogP contribution in [-0.4, -0.2) is 40.9 Å². The highest BCUT2D eigenvalue weighted by molar-refractivity contribution is 5.92. The fourth-order valence-corrected chi connectivity index (χ4v) is 1.87. The van der Waals surface area contributed by atoms with Crippen LogP contribution >= 0.6 is 0 Å². The predicted molar refractivity (Wildman–Crippen MR) is 66.0 cm³/mol. The zero-order valence-electron chi connectivity index (χ0n) is 10.2. The molecule has 1 aliphatic heterocycles. The molecule has 0 saturated carbocycles. The first kappa shape index (κ1) is 12.8. The first-order valence-corrected chi connectivity index (χ1v) is 5.85. The predicted octanol–water partition coefficient (Wildman–Crippen LogP) is -0.0665. The molecule has 6 nitrogen and oxygen atoms in total. The van der Waals surface area contributed by atoms with Crippen LogP contribution in [0.25, 0.3) is 0 Å². The molecule has 4 N–H and O–H groups in total. The first-order chi connectivity index (χ1) is 8.51. The SMILES string of the molecule is CC1OCCC1(O)CNC(=O)c1ccc(N)cn1. The van der Waals surface area contributed by atoms with Crippen LogP contribution in [0.2, 0.25) is 0 Å². The topological polar surface area (TPSA) is 97.5 Å². The summed E-state index contributed by atoms with van der Waals surface area (Å²) in [4.78, 5) is 15.7. The van der Waals surface area contributed by atoms with Gasteiger partial charge in [-0.15, -0.1) is 0 Å². The minimum atomic E-state index is -0.997. The Kier molecular flexibility index (Phi) is 3.49. The number of hydrogen-bond donors (Lipinski definition) is 3. The molecule has 1 aromatic rings. The molecule has 0 aromatic carbocycles. The van der Waals surface area contributed by atoms with Crippen LogP contribution in [0.5, 0.6) is 0 Å². The quantitative estimate of drug-likeness (QED) is 0.699. The van der Waals surface area contributed by atoms with Gasteiger partial charge < -0.3 is 20.9 Å². The zero-order chi connectivity index (χ0) is 13.2. The van der Waals surface area contributed by atoms with Crippen molar-refractivity contribution in [2.24, 2.45) is 0 Å². The highest BCUT2D eigenvalue weighted by Crippen LogP contribution is 2.24. The summed E-state index contributed by atoms with van der Waals surface area (Å²) in [6.07, 6.45) is 1.66. The van der Waals surface area contributed by atoms with E-state index >= 15 is 0 Å². The standard InChI is InChI=1S/C12H17N3O3/c1-8-12(17,4-5-18-8)7-15-11(16)10-3-2-9(13)6-14-10/h2-3,6,8,17H,4-5,7,13H2,1H3,(H,15,16). The Morgan fingerprint density at radius 1 is 1.72 bits per heavy atom. The Balaban J connectivity index is 1.94. The van der Waals surface area contributed by atoms with E-state index in [1.54, 1.807) is 19.1 Å². The van der Waals surface area contributed by atoms with Crippen LogP contribution in [0.3, 0.4) is 0 Å². The van der Waals surface area contributed by atoms with Crippen molar-refractivity contribution in [2.75, 3.05) is 18.9 Å². The second kappa shape index (κ2) is 4.91. The number of aliphatic hydroxyl groups is 1. The summed E-state index contributed by atoms with van der Waals surface area (Å²) in [6, 6.07) is 3.15. The summed E-state index contributed by atoms with van der Waals surface area (Å²) in [5, 5.41) is 12.9. The molecule has 1 aliphatic rings. The lowest BCUT2D eigenvalue weighted by atomic mass is 9.97. The average Bonchev–Trinajstić information content (AvgIpc) is 2.68. The molecule has 0 radical (unpaired) electrons. The van der Waals surface area contributed by atoms with Crippen LogP contribution in [0.15, 0.2) is 18.3 Å². The van der Waals surface area contributed by atoms with Crippen LogP contribution in [-0.2, 0) is 4.74 Å². The van der Waals surface area contributed by atoms with Crippen molar-refractivity contribution in [1.82, 2.24) is 10.3 Å². The fourth-order valence-electron chi connectivity index (χ4n) is 1.87. The number of nitrogens with zero attached hydrogens (tertiary/aromatic N) is 1. The van der Waals surface area contributed by atoms with Gasteiger partial charge in [0.2, 0.25) is 0 Å². The van der Waals surface area contributed by atoms with Gasteiger partial charge in [0.05, 0.1) is 18.0 Å². The zero-order valence-corrected chi connectivity index (χ0v) is 10.2. The lowest BCUT2D eigenvalue weighted by Crippen LogP contribution is -2.47. The van der Waals surface area contributed by atoms with Crippen LogP contribution in [0.4, 0.5) is 5.69 Å². The summed E-state index contributed by atoms with van der Waals surface area (Å²) in [6.45, 7) is 2.45. The Morgan fingerprint density at radius 2 is 2.50 bits per heavy atom. The van der Waals surface area contributed by atoms with Crippen LogP contribution in [0.1, 0.15) is 23.8 Å². The van der Waals surface area contributed by atoms with Crippen LogP contribution < -0.4 is 11.1 Å². The number of pyridine rings is 1. The molecule has 6 heteroatoms. The highest BCUT2D eigenvalue weighted by Gasteiger charge is 2.39. The summed E-state index contributed by atoms with van der Waals surface area (Å²) in [7, 11) is 0. The molecule has 0 aliphatic carbocycles. The van der Waals surface area contributed by atoms with Gasteiger partial charge in [-0.1, -0.05) is 0 Å². The highest BCUT2D eigenvalue weighted by atomic mass is 16.5. The van der Waals surface area contributed by atoms with Gasteiger partial charge in [0.1, 0.15) is 11.3 Å². The molecular weight excluding hydrogens is 234 g/mol. The van der Waals surface area contributed by atoms with Gasteiger partial charge in [-0.25, -0.2) is 4.98 Å². The molecular formula is C12H17N3O3. The number of carbonyl (C=O) groups excluding carboxylic acids is 1. The van der Waals surface area contributed by atoms with Crippen molar-refractivity contribution in [3.63, 3.8) is 0 Å². The van der Waals surface area contributed by atoms with E-state index in [1.807, 2.05) is 0 Å². The van der Waals surface area contributed by atoms with E-state index in [1.165, 1.54) is 6.20 Å². The smallest absolute Gasteiger partial charge is 0.269 e. The van der Waals surface area contributed by atoms with E-state index in [9.17, 15) is 9.90 Å². The third-order valence-corrected chi connectivity index (χ3v) is 3.23. The minimum absolute atomic E-state index is 0.152. The van der Waals surface area contributed by atoms with Crippen LogP contribution in [0, 0.1) is 0 Å². The number of carbonyl (C=O) groups is 1. The van der Waals surface area contributed by atoms with Gasteiger partial charge in [0, 0.05) is 19.6 Å². The van der Waals surface area contributed by atoms with Gasteiger partial charge in [0.25, 0.3) is 5.91 Å². The Labute approximate surface area is 105 Å². The van der Waals surface area contributed by atoms with Crippen molar-refractivity contribution < 1.29 is 14.6 Å².